The van der Waals surface area contributed by atoms with E-state index in [1.165, 1.54) is 0 Å². The number of hydrogen-bond donors (Lipinski definition) is 1. The Labute approximate surface area is 199 Å². The van der Waals surface area contributed by atoms with Crippen LogP contribution in [-0.4, -0.2) is 48.6 Å². The fraction of sp³-hybridized carbons (Fsp3) is 0.407. The normalized spacial score (nSPS) is 21.7. The number of carbonyl (C=O) groups excluding carboxylic acids is 1. The predicted octanol–water partition coefficient (Wildman–Crippen LogP) is 4.74. The van der Waals surface area contributed by atoms with Gasteiger partial charge in [-0.3, -0.25) is 0 Å². The number of nitriles is 1. The lowest BCUT2D eigenvalue weighted by Gasteiger charge is -2.30. The van der Waals surface area contributed by atoms with Crippen LogP contribution in [0.4, 0.5) is 4.79 Å². The first kappa shape index (κ1) is 22.5. The third-order valence-electron chi connectivity index (χ3n) is 6.79. The number of aromatic nitrogens is 1. The van der Waals surface area contributed by atoms with Crippen LogP contribution in [0.3, 0.4) is 0 Å². The lowest BCUT2D eigenvalue weighted by molar-refractivity contribution is -0.0897. The van der Waals surface area contributed by atoms with Crippen molar-refractivity contribution in [1.29, 1.82) is 5.26 Å². The number of H-pyrrole nitrogens is 1. The molecular formula is C27H29N3O4. The Bertz CT molecular complexity index is 1160. The number of para-hydroxylation sites is 1. The van der Waals surface area contributed by atoms with Gasteiger partial charge in [0.25, 0.3) is 0 Å². The van der Waals surface area contributed by atoms with Crippen LogP contribution in [0.15, 0.2) is 54.6 Å². The number of ether oxygens (including phenoxy) is 3. The number of fused-ring (bicyclic) bond motifs is 3. The largest absolute Gasteiger partial charge is 0.445 e. The highest BCUT2D eigenvalue weighted by molar-refractivity contribution is 5.85. The van der Waals surface area contributed by atoms with Gasteiger partial charge in [-0.05, 0) is 36.5 Å². The highest BCUT2D eigenvalue weighted by atomic mass is 16.7. The van der Waals surface area contributed by atoms with Crippen LogP contribution in [0.2, 0.25) is 0 Å². The first-order chi connectivity index (χ1) is 16.7. The van der Waals surface area contributed by atoms with Crippen molar-refractivity contribution >= 4 is 17.0 Å². The summed E-state index contributed by atoms with van der Waals surface area (Å²) in [5.74, 6) is -0.300. The first-order valence-corrected chi connectivity index (χ1v) is 11.9. The first-order valence-electron chi connectivity index (χ1n) is 11.9. The molecule has 2 aromatic carbocycles. The van der Waals surface area contributed by atoms with E-state index in [1.807, 2.05) is 48.5 Å². The van der Waals surface area contributed by atoms with E-state index in [2.05, 4.69) is 17.1 Å². The minimum Gasteiger partial charge on any atom is -0.445 e. The lowest BCUT2D eigenvalue weighted by Crippen LogP contribution is -2.37. The summed E-state index contributed by atoms with van der Waals surface area (Å²) < 4.78 is 17.3. The van der Waals surface area contributed by atoms with Crippen molar-refractivity contribution in [3.05, 3.63) is 71.4 Å². The average molecular weight is 460 g/mol. The molecule has 1 amide bonds. The molecule has 0 saturated carbocycles. The second kappa shape index (κ2) is 10.3. The zero-order chi connectivity index (χ0) is 23.3. The molecule has 0 spiro atoms. The molecule has 0 bridgehead atoms. The third kappa shape index (κ3) is 4.79. The molecule has 2 aliphatic rings. The van der Waals surface area contributed by atoms with Gasteiger partial charge >= 0.3 is 6.09 Å². The van der Waals surface area contributed by atoms with Crippen molar-refractivity contribution in [2.45, 2.75) is 38.1 Å². The fourth-order valence-corrected chi connectivity index (χ4v) is 5.01. The van der Waals surface area contributed by atoms with Crippen molar-refractivity contribution in [3.8, 4) is 6.07 Å². The molecule has 0 unspecified atom stereocenters. The Kier molecular flexibility index (Phi) is 6.79. The van der Waals surface area contributed by atoms with Crippen LogP contribution in [0.5, 0.6) is 0 Å². The van der Waals surface area contributed by atoms with Crippen molar-refractivity contribution in [3.63, 3.8) is 0 Å². The molecule has 7 heteroatoms. The van der Waals surface area contributed by atoms with E-state index in [0.29, 0.717) is 45.6 Å². The number of nitrogens with one attached hydrogen (secondary N) is 1. The topological polar surface area (TPSA) is 87.6 Å². The van der Waals surface area contributed by atoms with Gasteiger partial charge in [0.15, 0.2) is 6.29 Å². The summed E-state index contributed by atoms with van der Waals surface area (Å²) in [6.45, 7) is 2.39. The average Bonchev–Trinajstić information content (AvgIpc) is 3.54. The van der Waals surface area contributed by atoms with Crippen molar-refractivity contribution in [1.82, 2.24) is 9.88 Å². The van der Waals surface area contributed by atoms with Crippen molar-refractivity contribution < 1.29 is 19.0 Å². The molecule has 1 aromatic heterocycles. The number of amides is 1. The van der Waals surface area contributed by atoms with Gasteiger partial charge in [0.05, 0.1) is 25.2 Å². The molecule has 1 N–H and O–H groups in total. The maximum absolute atomic E-state index is 13.1. The van der Waals surface area contributed by atoms with Gasteiger partial charge in [-0.15, -0.1) is 0 Å². The zero-order valence-electron chi connectivity index (χ0n) is 19.1. The van der Waals surface area contributed by atoms with E-state index in [1.54, 1.807) is 4.90 Å². The summed E-state index contributed by atoms with van der Waals surface area (Å²) in [6, 6.07) is 20.3. The molecule has 176 valence electrons. The monoisotopic (exact) mass is 459 g/mol. The summed E-state index contributed by atoms with van der Waals surface area (Å²) >= 11 is 0. The Morgan fingerprint density at radius 2 is 1.85 bits per heavy atom. The highest BCUT2D eigenvalue weighted by Gasteiger charge is 2.33. The molecule has 0 radical (unpaired) electrons. The number of nitrogens with zero attached hydrogens (tertiary/aromatic N) is 2. The molecule has 5 rings (SSSR count). The molecule has 2 aliphatic heterocycles. The third-order valence-corrected chi connectivity index (χ3v) is 6.79. The number of aromatic amines is 1. The van der Waals surface area contributed by atoms with Crippen LogP contribution in [0.1, 0.15) is 35.6 Å². The zero-order valence-corrected chi connectivity index (χ0v) is 19.1. The van der Waals surface area contributed by atoms with E-state index >= 15 is 0 Å². The minimum atomic E-state index is -0.356. The van der Waals surface area contributed by atoms with E-state index in [0.717, 1.165) is 27.7 Å². The van der Waals surface area contributed by atoms with E-state index < -0.39 is 0 Å². The molecule has 3 heterocycles. The van der Waals surface area contributed by atoms with Gasteiger partial charge in [-0.2, -0.15) is 5.26 Å². The van der Waals surface area contributed by atoms with Crippen molar-refractivity contribution in [2.24, 2.45) is 5.92 Å². The van der Waals surface area contributed by atoms with Gasteiger partial charge in [0.1, 0.15) is 6.61 Å². The number of rotatable bonds is 3. The Balaban J connectivity index is 1.42. The SMILES string of the molecule is N#C[C@@H]1C[C@H](C2OCCO2)CCN(C(=O)OCc2ccccc2)CCc2c1[nH]c1ccccc21. The number of hydrogen-bond acceptors (Lipinski definition) is 5. The summed E-state index contributed by atoms with van der Waals surface area (Å²) in [5.41, 5.74) is 4.00. The Hall–Kier alpha value is -3.34. The molecule has 34 heavy (non-hydrogen) atoms. The molecule has 7 nitrogen and oxygen atoms in total. The predicted molar refractivity (Wildman–Crippen MR) is 127 cm³/mol. The van der Waals surface area contributed by atoms with Crippen LogP contribution >= 0.6 is 0 Å². The number of benzene rings is 2. The quantitative estimate of drug-likeness (QED) is 0.611. The smallest absolute Gasteiger partial charge is 0.410 e. The second-order valence-electron chi connectivity index (χ2n) is 8.92. The van der Waals surface area contributed by atoms with Crippen LogP contribution in [0, 0.1) is 17.2 Å². The van der Waals surface area contributed by atoms with Gasteiger partial charge in [-0.25, -0.2) is 4.79 Å². The minimum absolute atomic E-state index is 0.00562. The lowest BCUT2D eigenvalue weighted by atomic mass is 9.87. The van der Waals surface area contributed by atoms with Crippen molar-refractivity contribution in [2.75, 3.05) is 26.3 Å². The summed E-state index contributed by atoms with van der Waals surface area (Å²) in [6.07, 6.45) is 1.26. The molecule has 1 saturated heterocycles. The van der Waals surface area contributed by atoms with E-state index in [-0.39, 0.29) is 30.8 Å². The standard InChI is InChI=1S/C27H29N3O4/c28-17-21-16-20(26-32-14-15-33-26)10-12-30(27(31)34-18-19-6-2-1-3-7-19)13-11-23-22-8-4-5-9-24(22)29-25(21)23/h1-9,20-21,26,29H,10-16,18H2/t20-,21+/m1/s1. The molecule has 3 aromatic rings. The summed E-state index contributed by atoms with van der Waals surface area (Å²) in [7, 11) is 0. The molecule has 0 aliphatic carbocycles. The van der Waals surface area contributed by atoms with E-state index in [4.69, 9.17) is 14.2 Å². The summed E-state index contributed by atoms with van der Waals surface area (Å²) in [5, 5.41) is 11.2. The Morgan fingerprint density at radius 3 is 2.65 bits per heavy atom. The summed E-state index contributed by atoms with van der Waals surface area (Å²) in [4.78, 5) is 18.4. The molecule has 1 fully saturated rings. The van der Waals surface area contributed by atoms with Gasteiger partial charge in [0, 0.05) is 35.6 Å². The van der Waals surface area contributed by atoms with Gasteiger partial charge in [0.2, 0.25) is 0 Å². The molecule has 2 atom stereocenters. The maximum atomic E-state index is 13.1. The number of carbonyl (C=O) groups is 1. The second-order valence-corrected chi connectivity index (χ2v) is 8.92. The van der Waals surface area contributed by atoms with Crippen LogP contribution in [-0.2, 0) is 27.2 Å². The van der Waals surface area contributed by atoms with Crippen LogP contribution in [0.25, 0.3) is 10.9 Å². The van der Waals surface area contributed by atoms with Crippen LogP contribution < -0.4 is 0 Å². The van der Waals surface area contributed by atoms with E-state index in [9.17, 15) is 10.1 Å². The van der Waals surface area contributed by atoms with Gasteiger partial charge in [-0.1, -0.05) is 48.5 Å². The molecular weight excluding hydrogens is 430 g/mol. The maximum Gasteiger partial charge on any atom is 0.410 e. The highest BCUT2D eigenvalue weighted by Crippen LogP contribution is 2.35. The fourth-order valence-electron chi connectivity index (χ4n) is 5.01. The van der Waals surface area contributed by atoms with Gasteiger partial charge < -0.3 is 24.1 Å². The Morgan fingerprint density at radius 1 is 1.09 bits per heavy atom.